The van der Waals surface area contributed by atoms with E-state index in [0.717, 1.165) is 0 Å². The van der Waals surface area contributed by atoms with Crippen LogP contribution in [0.1, 0.15) is 16.7 Å². The highest BCUT2D eigenvalue weighted by atomic mass is 15.1. The van der Waals surface area contributed by atoms with Crippen LogP contribution in [0.4, 0.5) is 22.7 Å². The van der Waals surface area contributed by atoms with Gasteiger partial charge in [-0.3, -0.25) is 0 Å². The standard InChI is InChI=1S/C39H28B2N2/c1-23-14-17-31-27(20-23)29-22-25(3)16-19-35(29)43-37-13-6-10-32-38(37)39-33(41(31)43)11-7-12-36(39)42-34-18-15-24(2)21-28(34)26-8-4-5-9-30(26)40(32)42/h4-22H,1-3H3. The maximum atomic E-state index is 2.64. The van der Waals surface area contributed by atoms with Gasteiger partial charge < -0.3 is 9.62 Å². The van der Waals surface area contributed by atoms with E-state index < -0.39 is 0 Å². The Balaban J connectivity index is 1.34. The lowest BCUT2D eigenvalue weighted by Crippen LogP contribution is -2.65. The Morgan fingerprint density at radius 3 is 1.44 bits per heavy atom. The van der Waals surface area contributed by atoms with Crippen LogP contribution in [0.15, 0.2) is 115 Å². The zero-order chi connectivity index (χ0) is 28.6. The zero-order valence-corrected chi connectivity index (χ0v) is 24.5. The first-order valence-corrected chi connectivity index (χ1v) is 15.3. The monoisotopic (exact) mass is 546 g/mol. The highest BCUT2D eigenvalue weighted by Crippen LogP contribution is 2.52. The molecular weight excluding hydrogens is 518 g/mol. The summed E-state index contributed by atoms with van der Waals surface area (Å²) in [7, 11) is 0. The van der Waals surface area contributed by atoms with Gasteiger partial charge in [0.05, 0.1) is 0 Å². The maximum absolute atomic E-state index is 2.64. The Labute approximate surface area is 253 Å². The van der Waals surface area contributed by atoms with Crippen molar-refractivity contribution < 1.29 is 0 Å². The first-order chi connectivity index (χ1) is 21.1. The van der Waals surface area contributed by atoms with Gasteiger partial charge in [0.2, 0.25) is 0 Å². The van der Waals surface area contributed by atoms with Crippen molar-refractivity contribution in [2.75, 3.05) is 9.62 Å². The lowest BCUT2D eigenvalue weighted by molar-refractivity contribution is 1.30. The van der Waals surface area contributed by atoms with Gasteiger partial charge in [-0.1, -0.05) is 95.6 Å². The van der Waals surface area contributed by atoms with E-state index in [1.807, 2.05) is 0 Å². The molecule has 0 saturated carbocycles. The molecule has 0 atom stereocenters. The summed E-state index contributed by atoms with van der Waals surface area (Å²) < 4.78 is 0. The normalized spacial score (nSPS) is 14.2. The van der Waals surface area contributed by atoms with Crippen LogP contribution in [-0.4, -0.2) is 13.7 Å². The van der Waals surface area contributed by atoms with Crippen LogP contribution >= 0.6 is 0 Å². The number of nitrogens with zero attached hydrogens (tertiary/aromatic N) is 2. The van der Waals surface area contributed by atoms with E-state index in [0.29, 0.717) is 0 Å². The summed E-state index contributed by atoms with van der Waals surface area (Å²) in [5.41, 5.74) is 22.8. The summed E-state index contributed by atoms with van der Waals surface area (Å²) in [5, 5.41) is 0. The van der Waals surface area contributed by atoms with Crippen molar-refractivity contribution in [1.82, 2.24) is 0 Å². The number of aryl methyl sites for hydroxylation is 3. The second-order valence-electron chi connectivity index (χ2n) is 12.7. The van der Waals surface area contributed by atoms with Gasteiger partial charge in [0.1, 0.15) is 0 Å². The summed E-state index contributed by atoms with van der Waals surface area (Å²) in [6.45, 7) is 6.83. The Kier molecular flexibility index (Phi) is 4.45. The number of rotatable bonds is 0. The molecule has 6 aromatic rings. The van der Waals surface area contributed by atoms with Crippen molar-refractivity contribution in [3.8, 4) is 33.4 Å². The second kappa shape index (κ2) is 8.11. The molecule has 4 aliphatic heterocycles. The highest BCUT2D eigenvalue weighted by Gasteiger charge is 2.49. The van der Waals surface area contributed by atoms with Crippen LogP contribution in [-0.2, 0) is 0 Å². The van der Waals surface area contributed by atoms with Crippen LogP contribution in [0.25, 0.3) is 33.4 Å². The van der Waals surface area contributed by atoms with Crippen molar-refractivity contribution in [2.24, 2.45) is 0 Å². The van der Waals surface area contributed by atoms with Gasteiger partial charge in [0, 0.05) is 45.0 Å². The third-order valence-corrected chi connectivity index (χ3v) is 10.2. The summed E-state index contributed by atoms with van der Waals surface area (Å²) in [5.74, 6) is 0. The minimum absolute atomic E-state index is 0.106. The molecule has 0 fully saturated rings. The molecule has 0 amide bonds. The minimum Gasteiger partial charge on any atom is -0.376 e. The smallest absolute Gasteiger partial charge is 0.329 e. The molecule has 43 heavy (non-hydrogen) atoms. The largest absolute Gasteiger partial charge is 0.376 e. The molecule has 10 rings (SSSR count). The molecule has 6 aromatic carbocycles. The molecule has 0 bridgehead atoms. The third kappa shape index (κ3) is 2.91. The van der Waals surface area contributed by atoms with Crippen LogP contribution in [0.2, 0.25) is 0 Å². The molecular formula is C39H28B2N2. The molecule has 0 spiro atoms. The Bertz CT molecular complexity index is 2220. The van der Waals surface area contributed by atoms with Gasteiger partial charge in [0.25, 0.3) is 0 Å². The van der Waals surface area contributed by atoms with Gasteiger partial charge in [0.15, 0.2) is 0 Å². The number of anilines is 4. The molecule has 4 heteroatoms. The number of benzene rings is 6. The summed E-state index contributed by atoms with van der Waals surface area (Å²) >= 11 is 0. The summed E-state index contributed by atoms with van der Waals surface area (Å²) in [6.07, 6.45) is 0. The predicted octanol–water partition coefficient (Wildman–Crippen LogP) is 6.75. The number of hydrogen-bond acceptors (Lipinski definition) is 2. The molecule has 0 aliphatic carbocycles. The van der Waals surface area contributed by atoms with E-state index >= 15 is 0 Å². The molecule has 4 heterocycles. The molecule has 2 nitrogen and oxygen atoms in total. The molecule has 0 N–H and O–H groups in total. The van der Waals surface area contributed by atoms with Crippen molar-refractivity contribution in [2.45, 2.75) is 20.8 Å². The summed E-state index contributed by atoms with van der Waals surface area (Å²) in [4.78, 5) is 5.27. The van der Waals surface area contributed by atoms with E-state index in [1.165, 1.54) is 94.7 Å². The van der Waals surface area contributed by atoms with Gasteiger partial charge >= 0.3 is 13.7 Å². The van der Waals surface area contributed by atoms with E-state index in [4.69, 9.17) is 0 Å². The molecule has 0 radical (unpaired) electrons. The average Bonchev–Trinajstić information content (AvgIpc) is 3.03. The van der Waals surface area contributed by atoms with E-state index in [9.17, 15) is 0 Å². The minimum atomic E-state index is 0.106. The predicted molar refractivity (Wildman–Crippen MR) is 184 cm³/mol. The third-order valence-electron chi connectivity index (χ3n) is 10.2. The first kappa shape index (κ1) is 23.6. The topological polar surface area (TPSA) is 6.48 Å². The van der Waals surface area contributed by atoms with E-state index in [-0.39, 0.29) is 13.7 Å². The van der Waals surface area contributed by atoms with Crippen molar-refractivity contribution in [1.29, 1.82) is 0 Å². The molecule has 200 valence electrons. The van der Waals surface area contributed by atoms with Gasteiger partial charge in [-0.05, 0) is 90.1 Å². The molecule has 0 aromatic heterocycles. The van der Waals surface area contributed by atoms with Gasteiger partial charge in [-0.2, -0.15) is 0 Å². The second-order valence-corrected chi connectivity index (χ2v) is 12.7. The SMILES string of the molecule is Cc1ccc2c(c1)-c1cc(C)ccc1N1B2c2cccc3c2-c2c(cccc21)B1c2ccccc2-c2cc(C)ccc2N13. The van der Waals surface area contributed by atoms with E-state index in [1.54, 1.807) is 0 Å². The lowest BCUT2D eigenvalue weighted by atomic mass is 9.38. The fourth-order valence-corrected chi connectivity index (χ4v) is 8.50. The Hall–Kier alpha value is -4.95. The molecule has 4 aliphatic rings. The number of fused-ring (bicyclic) bond motifs is 16. The van der Waals surface area contributed by atoms with Crippen molar-refractivity contribution >= 4 is 58.3 Å². The number of hydrogen-bond donors (Lipinski definition) is 0. The lowest BCUT2D eigenvalue weighted by Gasteiger charge is -2.49. The van der Waals surface area contributed by atoms with Crippen LogP contribution in [0.5, 0.6) is 0 Å². The van der Waals surface area contributed by atoms with Gasteiger partial charge in [-0.15, -0.1) is 0 Å². The molecule has 0 saturated heterocycles. The first-order valence-electron chi connectivity index (χ1n) is 15.3. The Morgan fingerprint density at radius 1 is 0.372 bits per heavy atom. The fraction of sp³-hybridized carbons (Fsp3) is 0.0769. The van der Waals surface area contributed by atoms with Gasteiger partial charge in [-0.25, -0.2) is 0 Å². The van der Waals surface area contributed by atoms with Crippen molar-refractivity contribution in [3.05, 3.63) is 132 Å². The summed E-state index contributed by atoms with van der Waals surface area (Å²) in [6, 6.07) is 44.1. The zero-order valence-electron chi connectivity index (χ0n) is 24.5. The van der Waals surface area contributed by atoms with E-state index in [2.05, 4.69) is 146 Å². The fourth-order valence-electron chi connectivity index (χ4n) is 8.50. The van der Waals surface area contributed by atoms with Crippen LogP contribution in [0.3, 0.4) is 0 Å². The van der Waals surface area contributed by atoms with Crippen molar-refractivity contribution in [3.63, 3.8) is 0 Å². The highest BCUT2D eigenvalue weighted by molar-refractivity contribution is 6.96. The average molecular weight is 546 g/mol. The maximum Gasteiger partial charge on any atom is 0.329 e. The quantitative estimate of drug-likeness (QED) is 0.195. The Morgan fingerprint density at radius 2 is 0.837 bits per heavy atom. The van der Waals surface area contributed by atoms with Crippen LogP contribution < -0.4 is 31.5 Å². The van der Waals surface area contributed by atoms with Crippen LogP contribution in [0, 0.1) is 20.8 Å². The molecule has 0 unspecified atom stereocenters.